The van der Waals surface area contributed by atoms with Crippen molar-refractivity contribution in [1.29, 1.82) is 0 Å². The highest BCUT2D eigenvalue weighted by molar-refractivity contribution is 7.54. The van der Waals surface area contributed by atoms with Crippen LogP contribution in [0.2, 0.25) is 0 Å². The van der Waals surface area contributed by atoms with E-state index in [1.54, 1.807) is 74.1 Å². The van der Waals surface area contributed by atoms with E-state index in [2.05, 4.69) is 12.1 Å². The van der Waals surface area contributed by atoms with Crippen molar-refractivity contribution in [3.63, 3.8) is 0 Å². The molecule has 0 aliphatic carbocycles. The molecule has 2 aromatic carbocycles. The van der Waals surface area contributed by atoms with E-state index < -0.39 is 56.2 Å². The first-order chi connectivity index (χ1) is 21.8. The average molecular weight is 654 g/mol. The first-order valence-electron chi connectivity index (χ1n) is 15.4. The van der Waals surface area contributed by atoms with Crippen molar-refractivity contribution in [1.82, 2.24) is 0 Å². The highest BCUT2D eigenvalue weighted by atomic mass is 31.2. The number of amides is 1. The molecule has 11 nitrogen and oxygen atoms in total. The molecule has 246 valence electrons. The summed E-state index contributed by atoms with van der Waals surface area (Å²) in [4.78, 5) is 24.6. The minimum absolute atomic E-state index is 0.189. The molecule has 2 N–H and O–H groups in total. The molecule has 2 saturated heterocycles. The zero-order chi connectivity index (χ0) is 33.2. The van der Waals surface area contributed by atoms with Crippen LogP contribution in [-0.2, 0) is 32.8 Å². The lowest BCUT2D eigenvalue weighted by Crippen LogP contribution is -2.46. The maximum absolute atomic E-state index is 14.3. The van der Waals surface area contributed by atoms with Crippen molar-refractivity contribution in [3.05, 3.63) is 94.8 Å². The standard InChI is InChI=1S/C34H41N2O9P/c1-20(2)41-33(38)24(6)19-46(39,45-26-12-8-7-9-13-26)40-18-27-29-30(32(42-27)36-14-10-11-25(17-36)31(35)37)44-34(43-29)28-22(4)15-21(3)16-23(28)5/h7-17,20,24,27,29-30,32,34H,18-19H2,1-6H3,(H-,35,37)/p+1/t24-,27-,29-,30-,32-,34?,46?/m1/s1. The summed E-state index contributed by atoms with van der Waals surface area (Å²) in [5.74, 6) is -1.52. The molecule has 46 heavy (non-hydrogen) atoms. The topological polar surface area (TPSA) is 136 Å². The lowest BCUT2D eigenvalue weighted by molar-refractivity contribution is -0.766. The number of aromatic nitrogens is 1. The van der Waals surface area contributed by atoms with E-state index >= 15 is 0 Å². The number of rotatable bonds is 12. The second-order valence-electron chi connectivity index (χ2n) is 12.2. The smallest absolute Gasteiger partial charge is 0.380 e. The number of esters is 1. The Morgan fingerprint density at radius 3 is 2.28 bits per heavy atom. The Morgan fingerprint density at radius 1 is 0.957 bits per heavy atom. The van der Waals surface area contributed by atoms with Crippen LogP contribution in [0.5, 0.6) is 5.75 Å². The molecular formula is C34H42N2O9P+. The Labute approximate surface area is 269 Å². The number of nitrogens with zero attached hydrogens (tertiary/aromatic N) is 1. The van der Waals surface area contributed by atoms with Gasteiger partial charge >= 0.3 is 13.6 Å². The number of hydrogen-bond acceptors (Lipinski definition) is 9. The highest BCUT2D eigenvalue weighted by Crippen LogP contribution is 2.52. The number of nitrogens with two attached hydrogens (primary N) is 1. The molecule has 7 atom stereocenters. The zero-order valence-electron chi connectivity index (χ0n) is 27.0. The number of aryl methyl sites for hydroxylation is 3. The minimum Gasteiger partial charge on any atom is -0.463 e. The van der Waals surface area contributed by atoms with Gasteiger partial charge in [-0.1, -0.05) is 42.8 Å². The van der Waals surface area contributed by atoms with Gasteiger partial charge in [-0.25, -0.2) is 4.57 Å². The normalized spacial score (nSPS) is 24.3. The van der Waals surface area contributed by atoms with Crippen LogP contribution in [0.3, 0.4) is 0 Å². The third kappa shape index (κ3) is 7.67. The summed E-state index contributed by atoms with van der Waals surface area (Å²) in [5.41, 5.74) is 9.96. The first kappa shape index (κ1) is 33.8. The predicted molar refractivity (Wildman–Crippen MR) is 168 cm³/mol. The molecular weight excluding hydrogens is 611 g/mol. The van der Waals surface area contributed by atoms with Gasteiger partial charge in [-0.05, 0) is 63.9 Å². The molecule has 3 aromatic rings. The van der Waals surface area contributed by atoms with Crippen LogP contribution in [0.1, 0.15) is 65.9 Å². The number of hydrogen-bond donors (Lipinski definition) is 1. The van der Waals surface area contributed by atoms with Crippen molar-refractivity contribution < 1.29 is 46.7 Å². The van der Waals surface area contributed by atoms with Crippen LogP contribution in [0.4, 0.5) is 0 Å². The van der Waals surface area contributed by atoms with Gasteiger partial charge in [0.2, 0.25) is 0 Å². The minimum atomic E-state index is -3.94. The fraction of sp³-hybridized carbons (Fsp3) is 0.441. The molecule has 5 rings (SSSR count). The van der Waals surface area contributed by atoms with Crippen molar-refractivity contribution in [3.8, 4) is 5.75 Å². The summed E-state index contributed by atoms with van der Waals surface area (Å²) in [5, 5.41) is 0. The van der Waals surface area contributed by atoms with Crippen LogP contribution in [0.15, 0.2) is 67.0 Å². The highest BCUT2D eigenvalue weighted by Gasteiger charge is 2.58. The zero-order valence-corrected chi connectivity index (χ0v) is 27.8. The van der Waals surface area contributed by atoms with E-state index in [9.17, 15) is 14.2 Å². The van der Waals surface area contributed by atoms with E-state index in [0.717, 1.165) is 22.3 Å². The Hall–Kier alpha value is -3.60. The average Bonchev–Trinajstić information content (AvgIpc) is 3.55. The van der Waals surface area contributed by atoms with Crippen LogP contribution in [-0.4, -0.2) is 49.1 Å². The Balaban J connectivity index is 1.43. The molecule has 0 saturated carbocycles. The Kier molecular flexibility index (Phi) is 10.3. The fourth-order valence-electron chi connectivity index (χ4n) is 5.91. The van der Waals surface area contributed by atoms with Gasteiger partial charge in [0.05, 0.1) is 24.8 Å². The summed E-state index contributed by atoms with van der Waals surface area (Å²) in [6, 6.07) is 16.1. The predicted octanol–water partition coefficient (Wildman–Crippen LogP) is 5.25. The molecule has 0 bridgehead atoms. The van der Waals surface area contributed by atoms with Crippen molar-refractivity contribution >= 4 is 19.5 Å². The van der Waals surface area contributed by atoms with Crippen LogP contribution < -0.4 is 14.8 Å². The number of benzene rings is 2. The summed E-state index contributed by atoms with van der Waals surface area (Å²) in [6.07, 6.45) is -0.596. The number of primary amides is 1. The first-order valence-corrected chi connectivity index (χ1v) is 17.1. The van der Waals surface area contributed by atoms with Crippen molar-refractivity contribution in [2.75, 3.05) is 12.8 Å². The van der Waals surface area contributed by atoms with E-state index in [1.807, 2.05) is 26.8 Å². The lowest BCUT2D eigenvalue weighted by Gasteiger charge is -2.25. The van der Waals surface area contributed by atoms with Gasteiger partial charge in [0, 0.05) is 11.6 Å². The number of pyridine rings is 1. The van der Waals surface area contributed by atoms with Gasteiger partial charge in [-0.15, -0.1) is 0 Å². The number of para-hydroxylation sites is 1. The lowest BCUT2D eigenvalue weighted by atomic mass is 9.99. The summed E-state index contributed by atoms with van der Waals surface area (Å²) in [6.45, 7) is 11.0. The van der Waals surface area contributed by atoms with E-state index in [-0.39, 0.29) is 18.9 Å². The Morgan fingerprint density at radius 2 is 1.63 bits per heavy atom. The molecule has 1 aromatic heterocycles. The fourth-order valence-corrected chi connectivity index (χ4v) is 7.78. The SMILES string of the molecule is Cc1cc(C)c(C2O[C@@H]3[C@H](O2)[C@@H](COP(=O)(C[C@@H](C)C(=O)OC(C)C)Oc2ccccc2)O[C@H]3[n+]2cccc(C(N)=O)c2)c(C)c1. The van der Waals surface area contributed by atoms with Gasteiger partial charge in [-0.3, -0.25) is 14.1 Å². The Bertz CT molecular complexity index is 1590. The van der Waals surface area contributed by atoms with E-state index in [4.69, 9.17) is 33.7 Å². The monoisotopic (exact) mass is 653 g/mol. The molecule has 0 radical (unpaired) electrons. The van der Waals surface area contributed by atoms with Gasteiger partial charge in [0.15, 0.2) is 24.8 Å². The molecule has 2 aliphatic heterocycles. The number of carbonyl (C=O) groups excluding carboxylic acids is 2. The van der Waals surface area contributed by atoms with E-state index in [0.29, 0.717) is 11.3 Å². The van der Waals surface area contributed by atoms with Crippen LogP contribution in [0.25, 0.3) is 0 Å². The van der Waals surface area contributed by atoms with Crippen molar-refractivity contribution in [2.24, 2.45) is 11.7 Å². The molecule has 2 unspecified atom stereocenters. The van der Waals surface area contributed by atoms with Crippen LogP contribution in [0, 0.1) is 26.7 Å². The summed E-state index contributed by atoms with van der Waals surface area (Å²) >= 11 is 0. The molecule has 1 amide bonds. The molecule has 12 heteroatoms. The maximum atomic E-state index is 14.3. The van der Waals surface area contributed by atoms with E-state index in [1.165, 1.54) is 0 Å². The molecule has 0 spiro atoms. The summed E-state index contributed by atoms with van der Waals surface area (Å²) in [7, 11) is -3.94. The second kappa shape index (κ2) is 14.0. The maximum Gasteiger partial charge on any atom is 0.380 e. The van der Waals surface area contributed by atoms with Gasteiger partial charge in [0.25, 0.3) is 12.1 Å². The number of fused-ring (bicyclic) bond motifs is 1. The molecule has 3 heterocycles. The largest absolute Gasteiger partial charge is 0.463 e. The van der Waals surface area contributed by atoms with Gasteiger partial charge in [0.1, 0.15) is 23.5 Å². The second-order valence-corrected chi connectivity index (χ2v) is 14.2. The number of ether oxygens (including phenoxy) is 4. The molecule has 2 fully saturated rings. The van der Waals surface area contributed by atoms with Gasteiger partial charge < -0.3 is 29.2 Å². The van der Waals surface area contributed by atoms with Gasteiger partial charge in [-0.2, -0.15) is 4.57 Å². The summed E-state index contributed by atoms with van der Waals surface area (Å²) < 4.78 is 52.8. The number of carbonyl (C=O) groups is 2. The third-order valence-corrected chi connectivity index (χ3v) is 9.92. The third-order valence-electron chi connectivity index (χ3n) is 7.90. The quantitative estimate of drug-likeness (QED) is 0.158. The van der Waals surface area contributed by atoms with Crippen LogP contribution >= 0.6 is 7.60 Å². The molecule has 2 aliphatic rings. The van der Waals surface area contributed by atoms with Crippen molar-refractivity contribution in [2.45, 2.75) is 78.5 Å².